The average molecular weight is 209 g/mol. The third-order valence-electron chi connectivity index (χ3n) is 1.97. The van der Waals surface area contributed by atoms with Crippen LogP contribution in [-0.4, -0.2) is 19.7 Å². The molecular formula is C8H11N5S. The van der Waals surface area contributed by atoms with Crippen molar-refractivity contribution < 1.29 is 0 Å². The van der Waals surface area contributed by atoms with Crippen molar-refractivity contribution in [2.75, 3.05) is 0 Å². The van der Waals surface area contributed by atoms with Gasteiger partial charge in [0.2, 0.25) is 0 Å². The summed E-state index contributed by atoms with van der Waals surface area (Å²) in [5.74, 6) is 0.758. The lowest BCUT2D eigenvalue weighted by Crippen LogP contribution is -2.15. The monoisotopic (exact) mass is 209 g/mol. The van der Waals surface area contributed by atoms with E-state index in [1.165, 1.54) is 6.33 Å². The summed E-state index contributed by atoms with van der Waals surface area (Å²) in [6.45, 7) is 1.96. The molecule has 14 heavy (non-hydrogen) atoms. The summed E-state index contributed by atoms with van der Waals surface area (Å²) in [5.41, 5.74) is 6.02. The standard InChI is InChI=1S/C8H11N5S/c1-5-10-3-6(14-5)7(9)8-11-4-12-13(8)2/h3-4,7H,9H2,1-2H3. The van der Waals surface area contributed by atoms with Crippen LogP contribution in [0.4, 0.5) is 0 Å². The third-order valence-corrected chi connectivity index (χ3v) is 2.97. The molecule has 5 nitrogen and oxygen atoms in total. The average Bonchev–Trinajstić information content (AvgIpc) is 2.73. The number of aryl methyl sites for hydroxylation is 2. The van der Waals surface area contributed by atoms with E-state index in [-0.39, 0.29) is 6.04 Å². The van der Waals surface area contributed by atoms with E-state index < -0.39 is 0 Å². The largest absolute Gasteiger partial charge is 0.317 e. The van der Waals surface area contributed by atoms with Crippen LogP contribution in [0.2, 0.25) is 0 Å². The normalized spacial score (nSPS) is 13.1. The van der Waals surface area contributed by atoms with Gasteiger partial charge in [-0.1, -0.05) is 0 Å². The predicted molar refractivity (Wildman–Crippen MR) is 53.9 cm³/mol. The summed E-state index contributed by atoms with van der Waals surface area (Å²) in [7, 11) is 1.83. The second-order valence-corrected chi connectivity index (χ2v) is 4.27. The SMILES string of the molecule is Cc1ncc(C(N)c2ncnn2C)s1. The van der Waals surface area contributed by atoms with Gasteiger partial charge in [-0.25, -0.2) is 9.97 Å². The Kier molecular flexibility index (Phi) is 2.30. The van der Waals surface area contributed by atoms with E-state index in [4.69, 9.17) is 5.73 Å². The van der Waals surface area contributed by atoms with E-state index >= 15 is 0 Å². The minimum Gasteiger partial charge on any atom is -0.317 e. The first kappa shape index (κ1) is 9.29. The van der Waals surface area contributed by atoms with Crippen LogP contribution in [0.15, 0.2) is 12.5 Å². The van der Waals surface area contributed by atoms with E-state index in [9.17, 15) is 0 Å². The first-order chi connectivity index (χ1) is 6.68. The summed E-state index contributed by atoms with van der Waals surface area (Å²) in [6, 6.07) is -0.228. The molecule has 2 aromatic rings. The van der Waals surface area contributed by atoms with E-state index in [2.05, 4.69) is 15.1 Å². The van der Waals surface area contributed by atoms with Gasteiger partial charge >= 0.3 is 0 Å². The highest BCUT2D eigenvalue weighted by Crippen LogP contribution is 2.22. The zero-order valence-electron chi connectivity index (χ0n) is 8.01. The Balaban J connectivity index is 2.33. The lowest BCUT2D eigenvalue weighted by molar-refractivity contribution is 0.664. The predicted octanol–water partition coefficient (Wildman–Crippen LogP) is 0.628. The van der Waals surface area contributed by atoms with Crippen molar-refractivity contribution in [2.45, 2.75) is 13.0 Å². The lowest BCUT2D eigenvalue weighted by atomic mass is 10.2. The van der Waals surface area contributed by atoms with Crippen LogP contribution >= 0.6 is 11.3 Å². The van der Waals surface area contributed by atoms with Crippen LogP contribution in [-0.2, 0) is 7.05 Å². The van der Waals surface area contributed by atoms with E-state index in [0.29, 0.717) is 0 Å². The highest BCUT2D eigenvalue weighted by molar-refractivity contribution is 7.11. The maximum Gasteiger partial charge on any atom is 0.148 e. The minimum absolute atomic E-state index is 0.228. The first-order valence-electron chi connectivity index (χ1n) is 4.20. The molecule has 0 bridgehead atoms. The molecule has 1 atom stereocenters. The fourth-order valence-electron chi connectivity index (χ4n) is 1.24. The topological polar surface area (TPSA) is 69.6 Å². The smallest absolute Gasteiger partial charge is 0.148 e. The molecule has 6 heteroatoms. The van der Waals surface area contributed by atoms with Gasteiger partial charge in [-0.05, 0) is 6.92 Å². The summed E-state index contributed by atoms with van der Waals surface area (Å²) in [6.07, 6.45) is 3.29. The van der Waals surface area contributed by atoms with Crippen LogP contribution < -0.4 is 5.73 Å². The molecule has 0 saturated carbocycles. The molecular weight excluding hydrogens is 198 g/mol. The first-order valence-corrected chi connectivity index (χ1v) is 5.02. The van der Waals surface area contributed by atoms with Crippen LogP contribution in [0.1, 0.15) is 21.8 Å². The Labute approximate surface area is 85.6 Å². The molecule has 2 rings (SSSR count). The zero-order valence-corrected chi connectivity index (χ0v) is 8.82. The molecule has 0 saturated heterocycles. The van der Waals surface area contributed by atoms with Crippen molar-refractivity contribution in [2.24, 2.45) is 12.8 Å². The van der Waals surface area contributed by atoms with E-state index in [1.807, 2.05) is 14.0 Å². The molecule has 0 amide bonds. The Morgan fingerprint density at radius 2 is 2.29 bits per heavy atom. The van der Waals surface area contributed by atoms with Crippen LogP contribution in [0.5, 0.6) is 0 Å². The molecule has 1 unspecified atom stereocenters. The molecule has 0 radical (unpaired) electrons. The molecule has 0 aliphatic rings. The second kappa shape index (κ2) is 3.47. The van der Waals surface area contributed by atoms with Gasteiger partial charge in [0.25, 0.3) is 0 Å². The van der Waals surface area contributed by atoms with Gasteiger partial charge in [0.05, 0.1) is 5.01 Å². The number of hydrogen-bond donors (Lipinski definition) is 1. The van der Waals surface area contributed by atoms with Gasteiger partial charge < -0.3 is 5.73 Å². The molecule has 0 spiro atoms. The van der Waals surface area contributed by atoms with Crippen molar-refractivity contribution in [1.82, 2.24) is 19.7 Å². The molecule has 2 N–H and O–H groups in total. The minimum atomic E-state index is -0.228. The number of nitrogens with zero attached hydrogens (tertiary/aromatic N) is 4. The third kappa shape index (κ3) is 1.53. The molecule has 0 fully saturated rings. The van der Waals surface area contributed by atoms with E-state index in [0.717, 1.165) is 15.7 Å². The molecule has 0 aromatic carbocycles. The molecule has 0 aliphatic carbocycles. The van der Waals surface area contributed by atoms with Gasteiger partial charge in [0.15, 0.2) is 0 Å². The fraction of sp³-hybridized carbons (Fsp3) is 0.375. The zero-order chi connectivity index (χ0) is 10.1. The summed E-state index contributed by atoms with van der Waals surface area (Å²) < 4.78 is 1.68. The van der Waals surface area contributed by atoms with Crippen molar-refractivity contribution in [3.8, 4) is 0 Å². The van der Waals surface area contributed by atoms with Gasteiger partial charge in [-0.15, -0.1) is 11.3 Å². The Bertz CT molecular complexity index is 432. The number of hydrogen-bond acceptors (Lipinski definition) is 5. The van der Waals surface area contributed by atoms with Gasteiger partial charge in [0, 0.05) is 18.1 Å². The van der Waals surface area contributed by atoms with Crippen LogP contribution in [0.25, 0.3) is 0 Å². The summed E-state index contributed by atoms with van der Waals surface area (Å²) >= 11 is 1.59. The maximum absolute atomic E-state index is 6.02. The van der Waals surface area contributed by atoms with Crippen molar-refractivity contribution in [3.05, 3.63) is 28.2 Å². The number of rotatable bonds is 2. The van der Waals surface area contributed by atoms with Crippen LogP contribution in [0.3, 0.4) is 0 Å². The highest BCUT2D eigenvalue weighted by Gasteiger charge is 2.16. The van der Waals surface area contributed by atoms with Crippen molar-refractivity contribution in [1.29, 1.82) is 0 Å². The van der Waals surface area contributed by atoms with Gasteiger partial charge in [-0.2, -0.15) is 5.10 Å². The fourth-order valence-corrected chi connectivity index (χ4v) is 2.02. The summed E-state index contributed by atoms with van der Waals surface area (Å²) in [4.78, 5) is 9.28. The van der Waals surface area contributed by atoms with Gasteiger partial charge in [-0.3, -0.25) is 4.68 Å². The summed E-state index contributed by atoms with van der Waals surface area (Å²) in [5, 5.41) is 4.99. The van der Waals surface area contributed by atoms with Gasteiger partial charge in [0.1, 0.15) is 18.2 Å². The van der Waals surface area contributed by atoms with Crippen LogP contribution in [0, 0.1) is 6.92 Å². The highest BCUT2D eigenvalue weighted by atomic mass is 32.1. The second-order valence-electron chi connectivity index (χ2n) is 3.00. The lowest BCUT2D eigenvalue weighted by Gasteiger charge is -2.06. The number of nitrogens with two attached hydrogens (primary N) is 1. The molecule has 0 aliphatic heterocycles. The number of aromatic nitrogens is 4. The number of thiazole rings is 1. The van der Waals surface area contributed by atoms with Crippen molar-refractivity contribution in [3.63, 3.8) is 0 Å². The Morgan fingerprint density at radius 1 is 1.50 bits per heavy atom. The quantitative estimate of drug-likeness (QED) is 0.787. The Morgan fingerprint density at radius 3 is 2.79 bits per heavy atom. The maximum atomic E-state index is 6.02. The van der Waals surface area contributed by atoms with Crippen molar-refractivity contribution >= 4 is 11.3 Å². The van der Waals surface area contributed by atoms with E-state index in [1.54, 1.807) is 22.2 Å². The molecule has 2 heterocycles. The molecule has 2 aromatic heterocycles. The molecule has 74 valence electrons. The Hall–Kier alpha value is -1.27.